The second kappa shape index (κ2) is 5.41. The smallest absolute Gasteiger partial charge is 0.166 e. The first-order valence-electron chi connectivity index (χ1n) is 6.38. The van der Waals surface area contributed by atoms with Crippen molar-refractivity contribution in [2.75, 3.05) is 13.2 Å². The molecular formula is C14H21NO2. The van der Waals surface area contributed by atoms with E-state index in [4.69, 9.17) is 15.2 Å². The van der Waals surface area contributed by atoms with Crippen molar-refractivity contribution in [3.63, 3.8) is 0 Å². The van der Waals surface area contributed by atoms with Crippen molar-refractivity contribution in [2.24, 2.45) is 11.7 Å². The zero-order valence-electron chi connectivity index (χ0n) is 10.6. The van der Waals surface area contributed by atoms with Gasteiger partial charge >= 0.3 is 0 Å². The van der Waals surface area contributed by atoms with Gasteiger partial charge in [0.05, 0.1) is 0 Å². The predicted octanol–water partition coefficient (Wildman–Crippen LogP) is 2.89. The molecule has 0 spiro atoms. The SMILES string of the molecule is CCCC(C)C(N)c1cccc2c1OCCO2. The largest absolute Gasteiger partial charge is 0.486 e. The van der Waals surface area contributed by atoms with Crippen molar-refractivity contribution in [2.45, 2.75) is 32.7 Å². The van der Waals surface area contributed by atoms with Crippen molar-refractivity contribution in [3.8, 4) is 11.5 Å². The Hall–Kier alpha value is -1.22. The van der Waals surface area contributed by atoms with Crippen LogP contribution < -0.4 is 15.2 Å². The van der Waals surface area contributed by atoms with Crippen molar-refractivity contribution in [1.82, 2.24) is 0 Å². The molecule has 0 amide bonds. The van der Waals surface area contributed by atoms with E-state index in [0.29, 0.717) is 19.1 Å². The maximum atomic E-state index is 6.31. The lowest BCUT2D eigenvalue weighted by molar-refractivity contribution is 0.168. The fraction of sp³-hybridized carbons (Fsp3) is 0.571. The summed E-state index contributed by atoms with van der Waals surface area (Å²) in [6.45, 7) is 5.61. The average molecular weight is 235 g/mol. The molecule has 1 aliphatic rings. The van der Waals surface area contributed by atoms with Crippen LogP contribution in [0, 0.1) is 5.92 Å². The number of benzene rings is 1. The molecule has 1 heterocycles. The normalized spacial score (nSPS) is 17.6. The molecule has 2 unspecified atom stereocenters. The summed E-state index contributed by atoms with van der Waals surface area (Å²) in [6, 6.07) is 5.99. The predicted molar refractivity (Wildman–Crippen MR) is 68.4 cm³/mol. The van der Waals surface area contributed by atoms with Crippen LogP contribution in [0.1, 0.15) is 38.3 Å². The van der Waals surface area contributed by atoms with E-state index in [1.807, 2.05) is 18.2 Å². The molecule has 0 radical (unpaired) electrons. The Balaban J connectivity index is 2.25. The first-order valence-corrected chi connectivity index (χ1v) is 6.38. The maximum Gasteiger partial charge on any atom is 0.166 e. The highest BCUT2D eigenvalue weighted by Gasteiger charge is 2.22. The molecule has 3 nitrogen and oxygen atoms in total. The molecule has 0 saturated heterocycles. The molecule has 0 saturated carbocycles. The third-order valence-corrected chi connectivity index (χ3v) is 3.31. The van der Waals surface area contributed by atoms with Crippen LogP contribution in [-0.2, 0) is 0 Å². The molecule has 0 bridgehead atoms. The van der Waals surface area contributed by atoms with E-state index in [0.717, 1.165) is 29.9 Å². The maximum absolute atomic E-state index is 6.31. The number of para-hydroxylation sites is 1. The molecule has 1 aromatic rings. The van der Waals surface area contributed by atoms with Gasteiger partial charge in [-0.1, -0.05) is 32.4 Å². The van der Waals surface area contributed by atoms with Gasteiger partial charge in [0.2, 0.25) is 0 Å². The first-order chi connectivity index (χ1) is 8.24. The van der Waals surface area contributed by atoms with E-state index in [1.54, 1.807) is 0 Å². The highest BCUT2D eigenvalue weighted by Crippen LogP contribution is 2.38. The van der Waals surface area contributed by atoms with Gasteiger partial charge in [0.1, 0.15) is 13.2 Å². The van der Waals surface area contributed by atoms with Crippen molar-refractivity contribution in [3.05, 3.63) is 23.8 Å². The number of hydrogen-bond donors (Lipinski definition) is 1. The van der Waals surface area contributed by atoms with Gasteiger partial charge in [0, 0.05) is 11.6 Å². The van der Waals surface area contributed by atoms with Crippen LogP contribution in [0.2, 0.25) is 0 Å². The summed E-state index contributed by atoms with van der Waals surface area (Å²) < 4.78 is 11.3. The van der Waals surface area contributed by atoms with E-state index >= 15 is 0 Å². The molecule has 2 rings (SSSR count). The second-order valence-electron chi connectivity index (χ2n) is 4.66. The number of ether oxygens (including phenoxy) is 2. The van der Waals surface area contributed by atoms with Gasteiger partial charge in [-0.2, -0.15) is 0 Å². The molecule has 2 N–H and O–H groups in total. The summed E-state index contributed by atoms with van der Waals surface area (Å²) in [7, 11) is 0. The molecule has 94 valence electrons. The molecule has 0 aromatic heterocycles. The van der Waals surface area contributed by atoms with Gasteiger partial charge in [0.25, 0.3) is 0 Å². The Morgan fingerprint density at radius 1 is 1.29 bits per heavy atom. The zero-order valence-corrected chi connectivity index (χ0v) is 10.6. The lowest BCUT2D eigenvalue weighted by atomic mass is 9.91. The Bertz CT molecular complexity index is 378. The highest BCUT2D eigenvalue weighted by atomic mass is 16.6. The minimum absolute atomic E-state index is 0.0200. The van der Waals surface area contributed by atoms with Crippen LogP contribution in [0.4, 0.5) is 0 Å². The van der Waals surface area contributed by atoms with Gasteiger partial charge in [-0.05, 0) is 18.4 Å². The minimum Gasteiger partial charge on any atom is -0.486 e. The Morgan fingerprint density at radius 2 is 2.06 bits per heavy atom. The van der Waals surface area contributed by atoms with Crippen molar-refractivity contribution < 1.29 is 9.47 Å². The van der Waals surface area contributed by atoms with Crippen LogP contribution in [0.5, 0.6) is 11.5 Å². The summed E-state index contributed by atoms with van der Waals surface area (Å²) in [5.41, 5.74) is 7.39. The molecule has 17 heavy (non-hydrogen) atoms. The van der Waals surface area contributed by atoms with Crippen LogP contribution in [-0.4, -0.2) is 13.2 Å². The number of rotatable bonds is 4. The molecule has 0 aliphatic carbocycles. The van der Waals surface area contributed by atoms with E-state index in [9.17, 15) is 0 Å². The monoisotopic (exact) mass is 235 g/mol. The third-order valence-electron chi connectivity index (χ3n) is 3.31. The quantitative estimate of drug-likeness (QED) is 0.872. The van der Waals surface area contributed by atoms with Crippen LogP contribution in [0.15, 0.2) is 18.2 Å². The standard InChI is InChI=1S/C14H21NO2/c1-3-5-10(2)13(15)11-6-4-7-12-14(11)17-9-8-16-12/h4,6-7,10,13H,3,5,8-9,15H2,1-2H3. The van der Waals surface area contributed by atoms with Gasteiger partial charge < -0.3 is 15.2 Å². The Morgan fingerprint density at radius 3 is 2.82 bits per heavy atom. The van der Waals surface area contributed by atoms with E-state index in [2.05, 4.69) is 13.8 Å². The van der Waals surface area contributed by atoms with E-state index in [1.165, 1.54) is 0 Å². The summed E-state index contributed by atoms with van der Waals surface area (Å²) in [5.74, 6) is 2.12. The Kier molecular flexibility index (Phi) is 3.89. The molecular weight excluding hydrogens is 214 g/mol. The van der Waals surface area contributed by atoms with Crippen LogP contribution in [0.3, 0.4) is 0 Å². The van der Waals surface area contributed by atoms with Crippen LogP contribution >= 0.6 is 0 Å². The number of fused-ring (bicyclic) bond motifs is 1. The first kappa shape index (κ1) is 12.2. The summed E-state index contributed by atoms with van der Waals surface area (Å²) in [6.07, 6.45) is 2.28. The number of hydrogen-bond acceptors (Lipinski definition) is 3. The zero-order chi connectivity index (χ0) is 12.3. The van der Waals surface area contributed by atoms with Crippen molar-refractivity contribution in [1.29, 1.82) is 0 Å². The molecule has 3 heteroatoms. The Labute approximate surface area is 103 Å². The molecule has 1 aliphatic heterocycles. The van der Waals surface area contributed by atoms with Gasteiger partial charge in [-0.15, -0.1) is 0 Å². The molecule has 1 aromatic carbocycles. The van der Waals surface area contributed by atoms with Gasteiger partial charge in [-0.25, -0.2) is 0 Å². The lowest BCUT2D eigenvalue weighted by Crippen LogP contribution is -2.23. The third kappa shape index (κ3) is 2.55. The summed E-state index contributed by atoms with van der Waals surface area (Å²) in [4.78, 5) is 0. The number of nitrogens with two attached hydrogens (primary N) is 1. The van der Waals surface area contributed by atoms with E-state index < -0.39 is 0 Å². The fourth-order valence-electron chi connectivity index (χ4n) is 2.30. The topological polar surface area (TPSA) is 44.5 Å². The summed E-state index contributed by atoms with van der Waals surface area (Å²) in [5, 5.41) is 0. The van der Waals surface area contributed by atoms with Gasteiger partial charge in [-0.3, -0.25) is 0 Å². The van der Waals surface area contributed by atoms with Gasteiger partial charge in [0.15, 0.2) is 11.5 Å². The highest BCUT2D eigenvalue weighted by molar-refractivity contribution is 5.48. The lowest BCUT2D eigenvalue weighted by Gasteiger charge is -2.26. The second-order valence-corrected chi connectivity index (χ2v) is 4.66. The fourth-order valence-corrected chi connectivity index (χ4v) is 2.30. The average Bonchev–Trinajstić information content (AvgIpc) is 2.37. The van der Waals surface area contributed by atoms with Crippen LogP contribution in [0.25, 0.3) is 0 Å². The summed E-state index contributed by atoms with van der Waals surface area (Å²) >= 11 is 0. The molecule has 0 fully saturated rings. The van der Waals surface area contributed by atoms with E-state index in [-0.39, 0.29) is 6.04 Å². The van der Waals surface area contributed by atoms with Crippen molar-refractivity contribution >= 4 is 0 Å². The minimum atomic E-state index is 0.0200. The molecule has 2 atom stereocenters.